The van der Waals surface area contributed by atoms with Crippen molar-refractivity contribution in [2.75, 3.05) is 4.90 Å². The Hall–Kier alpha value is -3.77. The van der Waals surface area contributed by atoms with E-state index < -0.39 is 4.92 Å². The molecular formula is C25H20N2O3S. The van der Waals surface area contributed by atoms with E-state index in [1.807, 2.05) is 73.0 Å². The molecule has 0 bridgehead atoms. The standard InChI is InChI=1S/C25H20N2O3S/c1-18-7-11-21(12-8-18)25(28)26(16-19-9-13-22(14-10-19)27(29)30)23-15-24(31-17-23)20-5-3-2-4-6-20/h2-15,17H,16H2,1H3. The summed E-state index contributed by atoms with van der Waals surface area (Å²) in [6.45, 7) is 2.30. The van der Waals surface area contributed by atoms with Gasteiger partial charge in [0.15, 0.2) is 0 Å². The first-order valence-electron chi connectivity index (χ1n) is 9.77. The second-order valence-electron chi connectivity index (χ2n) is 7.22. The molecule has 4 rings (SSSR count). The highest BCUT2D eigenvalue weighted by Crippen LogP contribution is 2.33. The number of rotatable bonds is 6. The Morgan fingerprint density at radius 3 is 2.29 bits per heavy atom. The van der Waals surface area contributed by atoms with Crippen LogP contribution in [0.25, 0.3) is 10.4 Å². The molecule has 0 radical (unpaired) electrons. The van der Waals surface area contributed by atoms with E-state index in [0.29, 0.717) is 12.1 Å². The maximum atomic E-state index is 13.4. The summed E-state index contributed by atoms with van der Waals surface area (Å²) in [5, 5.41) is 12.9. The number of amides is 1. The summed E-state index contributed by atoms with van der Waals surface area (Å²) in [6, 6.07) is 25.8. The molecule has 0 aliphatic heterocycles. The summed E-state index contributed by atoms with van der Waals surface area (Å²) in [6.07, 6.45) is 0. The number of hydrogen-bond acceptors (Lipinski definition) is 4. The van der Waals surface area contributed by atoms with Gasteiger partial charge < -0.3 is 4.90 Å². The number of thiophene rings is 1. The van der Waals surface area contributed by atoms with Gasteiger partial charge in [-0.3, -0.25) is 14.9 Å². The lowest BCUT2D eigenvalue weighted by Crippen LogP contribution is -2.30. The lowest BCUT2D eigenvalue weighted by molar-refractivity contribution is -0.384. The maximum absolute atomic E-state index is 13.4. The highest BCUT2D eigenvalue weighted by atomic mass is 32.1. The van der Waals surface area contributed by atoms with E-state index in [1.54, 1.807) is 28.4 Å². The fourth-order valence-electron chi connectivity index (χ4n) is 3.26. The summed E-state index contributed by atoms with van der Waals surface area (Å²) in [4.78, 5) is 26.7. The number of carbonyl (C=O) groups excluding carboxylic acids is 1. The zero-order valence-electron chi connectivity index (χ0n) is 16.9. The van der Waals surface area contributed by atoms with Gasteiger partial charge in [0, 0.05) is 28.0 Å². The van der Waals surface area contributed by atoms with Crippen molar-refractivity contribution >= 4 is 28.6 Å². The van der Waals surface area contributed by atoms with Crippen molar-refractivity contribution in [2.45, 2.75) is 13.5 Å². The number of nitro groups is 1. The number of anilines is 1. The predicted octanol–water partition coefficient (Wildman–Crippen LogP) is 6.48. The van der Waals surface area contributed by atoms with Crippen molar-refractivity contribution in [1.29, 1.82) is 0 Å². The summed E-state index contributed by atoms with van der Waals surface area (Å²) >= 11 is 1.58. The van der Waals surface area contributed by atoms with Gasteiger partial charge in [-0.05, 0) is 36.2 Å². The summed E-state index contributed by atoms with van der Waals surface area (Å²) in [5.74, 6) is -0.115. The zero-order valence-corrected chi connectivity index (χ0v) is 17.7. The van der Waals surface area contributed by atoms with E-state index in [1.165, 1.54) is 12.1 Å². The Balaban J connectivity index is 1.68. The molecule has 5 nitrogen and oxygen atoms in total. The molecule has 0 aliphatic rings. The Labute approximate surface area is 184 Å². The van der Waals surface area contributed by atoms with Gasteiger partial charge >= 0.3 is 0 Å². The number of aryl methyl sites for hydroxylation is 1. The molecule has 1 heterocycles. The van der Waals surface area contributed by atoms with Crippen molar-refractivity contribution in [3.8, 4) is 10.4 Å². The van der Waals surface area contributed by atoms with Crippen LogP contribution in [0.3, 0.4) is 0 Å². The summed E-state index contributed by atoms with van der Waals surface area (Å²) in [7, 11) is 0. The minimum Gasteiger partial charge on any atom is -0.303 e. The van der Waals surface area contributed by atoms with E-state index >= 15 is 0 Å². The zero-order chi connectivity index (χ0) is 21.8. The minimum atomic E-state index is -0.427. The van der Waals surface area contributed by atoms with Crippen LogP contribution in [-0.4, -0.2) is 10.8 Å². The lowest BCUT2D eigenvalue weighted by atomic mass is 10.1. The van der Waals surface area contributed by atoms with E-state index in [2.05, 4.69) is 0 Å². The average Bonchev–Trinajstić information content (AvgIpc) is 3.28. The SMILES string of the molecule is Cc1ccc(C(=O)N(Cc2ccc([N+](=O)[O-])cc2)c2csc(-c3ccccc3)c2)cc1. The Morgan fingerprint density at radius 2 is 1.65 bits per heavy atom. The van der Waals surface area contributed by atoms with Crippen LogP contribution >= 0.6 is 11.3 Å². The van der Waals surface area contributed by atoms with Gasteiger partial charge in [-0.2, -0.15) is 0 Å². The van der Waals surface area contributed by atoms with Gasteiger partial charge in [-0.1, -0.05) is 60.2 Å². The first-order valence-corrected chi connectivity index (χ1v) is 10.6. The largest absolute Gasteiger partial charge is 0.303 e. The van der Waals surface area contributed by atoms with Crippen molar-refractivity contribution in [1.82, 2.24) is 0 Å². The third-order valence-corrected chi connectivity index (χ3v) is 5.95. The van der Waals surface area contributed by atoms with Crippen LogP contribution < -0.4 is 4.90 Å². The molecule has 0 fully saturated rings. The fraction of sp³-hybridized carbons (Fsp3) is 0.0800. The molecule has 0 unspecified atom stereocenters. The van der Waals surface area contributed by atoms with Gasteiger partial charge in [0.2, 0.25) is 0 Å². The monoisotopic (exact) mass is 428 g/mol. The van der Waals surface area contributed by atoms with E-state index in [9.17, 15) is 14.9 Å². The number of nitro benzene ring substituents is 1. The molecule has 3 aromatic carbocycles. The molecule has 0 saturated carbocycles. The molecular weight excluding hydrogens is 408 g/mol. The molecule has 1 aromatic heterocycles. The number of hydrogen-bond donors (Lipinski definition) is 0. The van der Waals surface area contributed by atoms with Gasteiger partial charge in [0.05, 0.1) is 17.2 Å². The third-order valence-electron chi connectivity index (χ3n) is 4.99. The molecule has 1 amide bonds. The molecule has 4 aromatic rings. The molecule has 0 N–H and O–H groups in total. The Bertz CT molecular complexity index is 1200. The van der Waals surface area contributed by atoms with Crippen molar-refractivity contribution in [3.63, 3.8) is 0 Å². The third kappa shape index (κ3) is 4.70. The van der Waals surface area contributed by atoms with Crippen LogP contribution in [0, 0.1) is 17.0 Å². The van der Waals surface area contributed by atoms with Crippen LogP contribution in [0.1, 0.15) is 21.5 Å². The van der Waals surface area contributed by atoms with Gasteiger partial charge in [-0.25, -0.2) is 0 Å². The molecule has 0 aliphatic carbocycles. The van der Waals surface area contributed by atoms with Crippen molar-refractivity contribution in [3.05, 3.63) is 117 Å². The van der Waals surface area contributed by atoms with Gasteiger partial charge in [0.25, 0.3) is 11.6 Å². The quantitative estimate of drug-likeness (QED) is 0.261. The van der Waals surface area contributed by atoms with E-state index in [4.69, 9.17) is 0 Å². The van der Waals surface area contributed by atoms with E-state index in [0.717, 1.165) is 27.3 Å². The number of benzene rings is 3. The van der Waals surface area contributed by atoms with Crippen molar-refractivity contribution < 1.29 is 9.72 Å². The Kier molecular flexibility index (Phi) is 5.91. The first-order chi connectivity index (χ1) is 15.0. The molecule has 31 heavy (non-hydrogen) atoms. The second kappa shape index (κ2) is 8.93. The number of non-ortho nitro benzene ring substituents is 1. The van der Waals surface area contributed by atoms with Crippen LogP contribution in [0.5, 0.6) is 0 Å². The second-order valence-corrected chi connectivity index (χ2v) is 8.13. The molecule has 6 heteroatoms. The summed E-state index contributed by atoms with van der Waals surface area (Å²) in [5.41, 5.74) is 4.42. The highest BCUT2D eigenvalue weighted by Gasteiger charge is 2.20. The number of carbonyl (C=O) groups is 1. The Morgan fingerprint density at radius 1 is 0.968 bits per heavy atom. The van der Waals surface area contributed by atoms with Gasteiger partial charge in [-0.15, -0.1) is 11.3 Å². The highest BCUT2D eigenvalue weighted by molar-refractivity contribution is 7.14. The topological polar surface area (TPSA) is 63.5 Å². The molecule has 0 spiro atoms. The minimum absolute atomic E-state index is 0.0297. The van der Waals surface area contributed by atoms with Gasteiger partial charge in [0.1, 0.15) is 0 Å². The van der Waals surface area contributed by atoms with Crippen LogP contribution in [0.4, 0.5) is 11.4 Å². The van der Waals surface area contributed by atoms with Crippen LogP contribution in [0.15, 0.2) is 90.3 Å². The molecule has 0 atom stereocenters. The summed E-state index contributed by atoms with van der Waals surface area (Å²) < 4.78 is 0. The number of nitrogens with zero attached hydrogens (tertiary/aromatic N) is 2. The fourth-order valence-corrected chi connectivity index (χ4v) is 4.16. The molecule has 154 valence electrons. The normalized spacial score (nSPS) is 10.6. The van der Waals surface area contributed by atoms with Crippen LogP contribution in [0.2, 0.25) is 0 Å². The maximum Gasteiger partial charge on any atom is 0.269 e. The molecule has 0 saturated heterocycles. The van der Waals surface area contributed by atoms with Crippen LogP contribution in [-0.2, 0) is 6.54 Å². The van der Waals surface area contributed by atoms with E-state index in [-0.39, 0.29) is 11.6 Å². The average molecular weight is 429 g/mol. The lowest BCUT2D eigenvalue weighted by Gasteiger charge is -2.22. The first kappa shape index (κ1) is 20.5. The smallest absolute Gasteiger partial charge is 0.269 e. The van der Waals surface area contributed by atoms with Crippen molar-refractivity contribution in [2.24, 2.45) is 0 Å². The predicted molar refractivity (Wildman–Crippen MR) is 125 cm³/mol.